The number of rotatable bonds is 5. The molecule has 0 N–H and O–H groups in total. The van der Waals surface area contributed by atoms with Crippen LogP contribution >= 0.6 is 0 Å². The molecule has 8 rings (SSSR count). The molecule has 3 aromatic heterocycles. The van der Waals surface area contributed by atoms with Crippen LogP contribution in [0, 0.1) is 19.1 Å². The van der Waals surface area contributed by atoms with E-state index in [4.69, 9.17) is 4.42 Å². The third-order valence-corrected chi connectivity index (χ3v) is 12.8. The van der Waals surface area contributed by atoms with E-state index in [-0.39, 0.29) is 20.1 Å². The summed E-state index contributed by atoms with van der Waals surface area (Å²) >= 11 is -1.78. The van der Waals surface area contributed by atoms with E-state index in [1.54, 1.807) is 0 Å². The largest absolute Gasteiger partial charge is 0 e. The Kier molecular flexibility index (Phi) is 10.4. The van der Waals surface area contributed by atoms with Gasteiger partial charge >= 0.3 is 135 Å². The summed E-state index contributed by atoms with van der Waals surface area (Å²) in [5, 5.41) is 2.21. The molecule has 5 aromatic carbocycles. The number of fused-ring (bicyclic) bond motifs is 3. The second kappa shape index (κ2) is 14.9. The smallest absolute Gasteiger partial charge is 0 e. The van der Waals surface area contributed by atoms with Gasteiger partial charge in [0.2, 0.25) is 0 Å². The number of furan rings is 1. The van der Waals surface area contributed by atoms with Crippen molar-refractivity contribution in [1.82, 2.24) is 9.97 Å². The fraction of sp³-hybridized carbons (Fsp3) is 0.0909. The summed E-state index contributed by atoms with van der Waals surface area (Å²) in [6.45, 7) is 2.07. The third kappa shape index (κ3) is 7.68. The number of benzene rings is 5. The van der Waals surface area contributed by atoms with Gasteiger partial charge in [-0.3, -0.25) is 0 Å². The van der Waals surface area contributed by atoms with Gasteiger partial charge in [0.1, 0.15) is 5.58 Å². The van der Waals surface area contributed by atoms with Crippen LogP contribution in [0.1, 0.15) is 5.56 Å². The molecule has 0 bridgehead atoms. The van der Waals surface area contributed by atoms with Crippen molar-refractivity contribution in [1.29, 1.82) is 0 Å². The summed E-state index contributed by atoms with van der Waals surface area (Å²) in [4.78, 5) is 9.14. The van der Waals surface area contributed by atoms with E-state index in [9.17, 15) is 0 Å². The van der Waals surface area contributed by atoms with Gasteiger partial charge in [-0.15, -0.1) is 18.2 Å². The van der Waals surface area contributed by atoms with Crippen LogP contribution in [0.2, 0.25) is 17.3 Å². The molecule has 49 heavy (non-hydrogen) atoms. The summed E-state index contributed by atoms with van der Waals surface area (Å²) in [5.74, 6) is 7.16. The molecule has 5 heteroatoms. The van der Waals surface area contributed by atoms with Gasteiger partial charge in [-0.25, -0.2) is 0 Å². The van der Waals surface area contributed by atoms with Crippen LogP contribution in [-0.2, 0) is 20.1 Å². The summed E-state index contributed by atoms with van der Waals surface area (Å²) in [5.41, 5.74) is 11.5. The minimum atomic E-state index is -1.78. The van der Waals surface area contributed by atoms with Crippen LogP contribution in [0.15, 0.2) is 150 Å². The Balaban J connectivity index is 0.000000169. The molecule has 8 aromatic rings. The molecule has 0 aliphatic carbocycles. The van der Waals surface area contributed by atoms with Gasteiger partial charge in [-0.1, -0.05) is 65.0 Å². The maximum absolute atomic E-state index is 6.27. The van der Waals surface area contributed by atoms with Gasteiger partial charge < -0.3 is 9.40 Å². The van der Waals surface area contributed by atoms with Gasteiger partial charge in [0.15, 0.2) is 0 Å². The number of pyridine rings is 2. The zero-order valence-electron chi connectivity index (χ0n) is 28.0. The standard InChI is InChI=1S/C24H16NO.C20H20GeN.Ir/c1-16-12-13-25-22(14-16)21-9-5-8-20-19-11-10-18(15-23(19)26-24(20)21)17-6-3-2-4-7-17;1-21(2,3)19-13-14-20(22-15-19)18-11-9-17(10-12-18)16-7-5-4-6-8-16;/h2-8,10-15H,1H3;4-11,13-15H,1-3H3;/q2*-1;. The third-order valence-electron chi connectivity index (χ3n) is 8.54. The molecule has 0 atom stereocenters. The predicted octanol–water partition coefficient (Wildman–Crippen LogP) is 11.2. The Morgan fingerprint density at radius 2 is 1.33 bits per heavy atom. The Labute approximate surface area is 304 Å². The van der Waals surface area contributed by atoms with Crippen molar-refractivity contribution in [2.24, 2.45) is 0 Å². The van der Waals surface area contributed by atoms with Crippen LogP contribution in [0.5, 0.6) is 0 Å². The van der Waals surface area contributed by atoms with Crippen molar-refractivity contribution in [3.63, 3.8) is 0 Å². The number of aryl methyl sites for hydroxylation is 1. The molecule has 0 aliphatic heterocycles. The second-order valence-electron chi connectivity index (χ2n) is 13.0. The van der Waals surface area contributed by atoms with Crippen LogP contribution in [0.25, 0.3) is 66.7 Å². The maximum Gasteiger partial charge on any atom is 0 e. The summed E-state index contributed by atoms with van der Waals surface area (Å²) in [6.07, 6.45) is 3.88. The molecular formula is C44H36GeIrN2O-2. The van der Waals surface area contributed by atoms with E-state index >= 15 is 0 Å². The van der Waals surface area contributed by atoms with E-state index in [0.29, 0.717) is 0 Å². The Bertz CT molecular complexity index is 2310. The molecule has 1 radical (unpaired) electrons. The first kappa shape index (κ1) is 34.3. The van der Waals surface area contributed by atoms with E-state index < -0.39 is 13.3 Å². The first-order valence-corrected chi connectivity index (χ1v) is 23.6. The maximum atomic E-state index is 6.27. The van der Waals surface area contributed by atoms with Crippen LogP contribution < -0.4 is 4.40 Å². The predicted molar refractivity (Wildman–Crippen MR) is 203 cm³/mol. The molecule has 243 valence electrons. The van der Waals surface area contributed by atoms with Gasteiger partial charge in [0.05, 0.1) is 5.58 Å². The quantitative estimate of drug-likeness (QED) is 0.128. The van der Waals surface area contributed by atoms with E-state index in [0.717, 1.165) is 50.0 Å². The van der Waals surface area contributed by atoms with Crippen molar-refractivity contribution in [2.45, 2.75) is 24.2 Å². The van der Waals surface area contributed by atoms with Gasteiger partial charge in [0, 0.05) is 31.7 Å². The Hall–Kier alpha value is -4.61. The first-order valence-electron chi connectivity index (χ1n) is 16.2. The van der Waals surface area contributed by atoms with Gasteiger partial charge in [-0.05, 0) is 35.9 Å². The molecule has 0 spiro atoms. The fourth-order valence-corrected chi connectivity index (χ4v) is 7.98. The van der Waals surface area contributed by atoms with E-state index in [1.165, 1.54) is 26.6 Å². The van der Waals surface area contributed by atoms with Crippen LogP contribution in [-0.4, -0.2) is 23.2 Å². The Morgan fingerprint density at radius 3 is 1.96 bits per heavy atom. The average molecular weight is 874 g/mol. The molecule has 3 heterocycles. The molecule has 0 amide bonds. The van der Waals surface area contributed by atoms with Crippen LogP contribution in [0.3, 0.4) is 0 Å². The van der Waals surface area contributed by atoms with Gasteiger partial charge in [-0.2, -0.15) is 0 Å². The summed E-state index contributed by atoms with van der Waals surface area (Å²) < 4.78 is 7.70. The molecule has 0 unspecified atom stereocenters. The molecule has 0 aliphatic rings. The van der Waals surface area contributed by atoms with Crippen LogP contribution in [0.4, 0.5) is 0 Å². The van der Waals surface area contributed by atoms with Crippen molar-refractivity contribution in [3.05, 3.63) is 164 Å². The first-order chi connectivity index (χ1) is 23.3. The molecule has 0 saturated heterocycles. The van der Waals surface area contributed by atoms with E-state index in [1.807, 2.05) is 42.7 Å². The number of hydrogen-bond donors (Lipinski definition) is 0. The minimum absolute atomic E-state index is 0. The van der Waals surface area contributed by atoms with Crippen molar-refractivity contribution in [2.75, 3.05) is 0 Å². The zero-order valence-corrected chi connectivity index (χ0v) is 32.5. The molecule has 0 saturated carbocycles. The SMILES string of the molecule is Cc1ccnc(-c2[c-]ccc3c2oc2cc(-c4ccccc4)ccc23)c1.[CH3][Ge]([CH3])([CH3])[c]1ccc(-c2[c-]cc(-c3ccccc3)cc2)nc1.[Ir]. The second-order valence-corrected chi connectivity index (χ2v) is 23.7. The Morgan fingerprint density at radius 1 is 0.612 bits per heavy atom. The number of nitrogens with zero attached hydrogens (tertiary/aromatic N) is 2. The minimum Gasteiger partial charge on any atom is 0 e. The zero-order chi connectivity index (χ0) is 33.1. The van der Waals surface area contributed by atoms with Crippen molar-refractivity contribution >= 4 is 39.6 Å². The number of hydrogen-bond acceptors (Lipinski definition) is 3. The van der Waals surface area contributed by atoms with Crippen molar-refractivity contribution < 1.29 is 24.5 Å². The summed E-state index contributed by atoms with van der Waals surface area (Å²) in [7, 11) is 0. The molecule has 3 nitrogen and oxygen atoms in total. The van der Waals surface area contributed by atoms with Crippen molar-refractivity contribution in [3.8, 4) is 44.8 Å². The van der Waals surface area contributed by atoms with E-state index in [2.05, 4.69) is 149 Å². The normalized spacial score (nSPS) is 11.1. The fourth-order valence-electron chi connectivity index (χ4n) is 5.81. The topological polar surface area (TPSA) is 38.9 Å². The summed E-state index contributed by atoms with van der Waals surface area (Å²) in [6, 6.07) is 52.5. The average Bonchev–Trinajstić information content (AvgIpc) is 3.51. The molecular weight excluding hydrogens is 837 g/mol. The monoisotopic (exact) mass is 875 g/mol. The van der Waals surface area contributed by atoms with Gasteiger partial charge in [0.25, 0.3) is 0 Å². The number of aromatic nitrogens is 2. The molecule has 0 fully saturated rings.